The van der Waals surface area contributed by atoms with Crippen LogP contribution < -0.4 is 5.73 Å². The van der Waals surface area contributed by atoms with Crippen LogP contribution in [-0.2, 0) is 23.8 Å². The zero-order chi connectivity index (χ0) is 20.5. The van der Waals surface area contributed by atoms with Crippen molar-refractivity contribution in [2.24, 2.45) is 5.73 Å². The summed E-state index contributed by atoms with van der Waals surface area (Å²) in [5.41, 5.74) is 4.40. The molecule has 0 saturated heterocycles. The molecule has 1 atom stereocenters. The molecule has 0 bridgehead atoms. The lowest BCUT2D eigenvalue weighted by Gasteiger charge is -2.25. The topological polar surface area (TPSA) is 111 Å². The van der Waals surface area contributed by atoms with Gasteiger partial charge >= 0.3 is 11.9 Å². The zero-order valence-electron chi connectivity index (χ0n) is 15.0. The monoisotopic (exact) mass is 406 g/mol. The van der Waals surface area contributed by atoms with Gasteiger partial charge in [-0.1, -0.05) is 12.2 Å². The van der Waals surface area contributed by atoms with Crippen LogP contribution in [0.3, 0.4) is 0 Å². The van der Waals surface area contributed by atoms with E-state index in [0.717, 1.165) is 0 Å². The summed E-state index contributed by atoms with van der Waals surface area (Å²) in [6.45, 7) is 11.9. The average molecular weight is 407 g/mol. The summed E-state index contributed by atoms with van der Waals surface area (Å²) >= 11 is 9.02. The van der Waals surface area contributed by atoms with Gasteiger partial charge in [0.15, 0.2) is 0 Å². The predicted octanol–water partition coefficient (Wildman–Crippen LogP) is 1.63. The quantitative estimate of drug-likeness (QED) is 0.315. The van der Waals surface area contributed by atoms with Crippen LogP contribution in [0.15, 0.2) is 25.3 Å². The lowest BCUT2D eigenvalue weighted by molar-refractivity contribution is -0.158. The second-order valence-corrected chi connectivity index (χ2v) is 5.22. The SMILES string of the molecule is C=CCN(CC=C)C(=S)OC(CC(=O)OCC)C(=O)OCC.NC(O)=S. The number of rotatable bonds is 10. The first-order chi connectivity index (χ1) is 12.2. The first kappa shape index (κ1) is 26.0. The van der Waals surface area contributed by atoms with Gasteiger partial charge in [-0.05, 0) is 38.3 Å². The van der Waals surface area contributed by atoms with Gasteiger partial charge in [-0.15, -0.1) is 13.2 Å². The van der Waals surface area contributed by atoms with Crippen molar-refractivity contribution in [2.45, 2.75) is 26.4 Å². The minimum absolute atomic E-state index is 0.0714. The standard InChI is InChI=1S/C15H23NO5S.CH3NOS/c1-5-9-16(10-6-2)15(22)21-12(14(18)20-8-4)11-13(17)19-7-3;2-1(3)4/h5-6,12H,1-2,7-11H2,3-4H3;(H3,2,3,4). The van der Waals surface area contributed by atoms with E-state index in [1.54, 1.807) is 30.9 Å². The van der Waals surface area contributed by atoms with Crippen molar-refractivity contribution in [3.63, 3.8) is 0 Å². The highest BCUT2D eigenvalue weighted by molar-refractivity contribution is 7.80. The number of esters is 2. The van der Waals surface area contributed by atoms with Gasteiger partial charge in [-0.3, -0.25) is 4.79 Å². The fraction of sp³-hybridized carbons (Fsp3) is 0.500. The molecule has 148 valence electrons. The van der Waals surface area contributed by atoms with Gasteiger partial charge < -0.3 is 30.0 Å². The first-order valence-electron chi connectivity index (χ1n) is 7.71. The Morgan fingerprint density at radius 2 is 1.62 bits per heavy atom. The molecule has 0 aromatic heterocycles. The van der Waals surface area contributed by atoms with Crippen LogP contribution in [0.4, 0.5) is 0 Å². The third-order valence-corrected chi connectivity index (χ3v) is 2.76. The van der Waals surface area contributed by atoms with Crippen LogP contribution in [0.1, 0.15) is 20.3 Å². The summed E-state index contributed by atoms with van der Waals surface area (Å²) in [7, 11) is 0. The van der Waals surface area contributed by atoms with Crippen LogP contribution in [0.2, 0.25) is 0 Å². The highest BCUT2D eigenvalue weighted by Gasteiger charge is 2.28. The molecule has 0 aliphatic carbocycles. The van der Waals surface area contributed by atoms with Crippen molar-refractivity contribution in [1.82, 2.24) is 4.90 Å². The summed E-state index contributed by atoms with van der Waals surface area (Å²) in [4.78, 5) is 25.1. The number of aliphatic hydroxyl groups is 1. The Kier molecular flexibility index (Phi) is 16.3. The third kappa shape index (κ3) is 14.2. The Morgan fingerprint density at radius 1 is 1.15 bits per heavy atom. The van der Waals surface area contributed by atoms with E-state index in [9.17, 15) is 9.59 Å². The van der Waals surface area contributed by atoms with Crippen molar-refractivity contribution < 1.29 is 28.9 Å². The Hall–Kier alpha value is -2.20. The fourth-order valence-electron chi connectivity index (χ4n) is 1.51. The van der Waals surface area contributed by atoms with Gasteiger partial charge in [-0.25, -0.2) is 4.79 Å². The van der Waals surface area contributed by atoms with E-state index >= 15 is 0 Å². The molecule has 0 rings (SSSR count). The van der Waals surface area contributed by atoms with Crippen molar-refractivity contribution in [1.29, 1.82) is 0 Å². The van der Waals surface area contributed by atoms with E-state index in [0.29, 0.717) is 13.1 Å². The minimum Gasteiger partial charge on any atom is -0.487 e. The maximum Gasteiger partial charge on any atom is 0.348 e. The Balaban J connectivity index is 0. The van der Waals surface area contributed by atoms with Crippen LogP contribution in [0.5, 0.6) is 0 Å². The number of nitrogens with two attached hydrogens (primary N) is 1. The van der Waals surface area contributed by atoms with Crippen LogP contribution in [-0.4, -0.2) is 64.7 Å². The maximum absolute atomic E-state index is 11.9. The number of aliphatic hydroxyl groups excluding tert-OH is 1. The van der Waals surface area contributed by atoms with Crippen LogP contribution in [0, 0.1) is 0 Å². The van der Waals surface area contributed by atoms with E-state index < -0.39 is 23.2 Å². The Bertz CT molecular complexity index is 485. The molecule has 0 fully saturated rings. The Morgan fingerprint density at radius 3 is 2.00 bits per heavy atom. The zero-order valence-corrected chi connectivity index (χ0v) is 16.6. The number of hydrogen-bond donors (Lipinski definition) is 2. The fourth-order valence-corrected chi connectivity index (χ4v) is 1.78. The molecule has 26 heavy (non-hydrogen) atoms. The molecule has 0 aliphatic rings. The summed E-state index contributed by atoms with van der Waals surface area (Å²) in [6, 6.07) is 0. The molecule has 0 aromatic carbocycles. The molecule has 0 heterocycles. The largest absolute Gasteiger partial charge is 0.487 e. The van der Waals surface area contributed by atoms with E-state index in [2.05, 4.69) is 31.1 Å². The molecular weight excluding hydrogens is 380 g/mol. The van der Waals surface area contributed by atoms with E-state index in [4.69, 9.17) is 31.5 Å². The summed E-state index contributed by atoms with van der Waals surface area (Å²) in [5.74, 6) is -1.21. The van der Waals surface area contributed by atoms with Gasteiger partial charge in [0, 0.05) is 13.1 Å². The number of thiocarbonyl (C=S) groups is 2. The van der Waals surface area contributed by atoms with Crippen LogP contribution in [0.25, 0.3) is 0 Å². The van der Waals surface area contributed by atoms with Crippen molar-refractivity contribution in [3.8, 4) is 0 Å². The summed E-state index contributed by atoms with van der Waals surface area (Å²) in [5, 5.41) is 7.14. The Labute approximate surface area is 164 Å². The summed E-state index contributed by atoms with van der Waals surface area (Å²) < 4.78 is 15.2. The maximum atomic E-state index is 11.9. The molecule has 3 N–H and O–H groups in total. The normalized spacial score (nSPS) is 10.2. The molecule has 0 spiro atoms. The number of hydrogen-bond acceptors (Lipinski definition) is 7. The van der Waals surface area contributed by atoms with E-state index in [-0.39, 0.29) is 24.8 Å². The van der Waals surface area contributed by atoms with Crippen molar-refractivity contribution in [2.75, 3.05) is 26.3 Å². The molecular formula is C16H26N2O6S2. The van der Waals surface area contributed by atoms with Gasteiger partial charge in [0.05, 0.1) is 19.6 Å². The smallest absolute Gasteiger partial charge is 0.348 e. The average Bonchev–Trinajstić information content (AvgIpc) is 2.53. The predicted molar refractivity (Wildman–Crippen MR) is 107 cm³/mol. The third-order valence-electron chi connectivity index (χ3n) is 2.41. The molecule has 8 nitrogen and oxygen atoms in total. The molecule has 10 heteroatoms. The molecule has 0 saturated carbocycles. The molecule has 1 unspecified atom stereocenters. The van der Waals surface area contributed by atoms with Crippen LogP contribution >= 0.6 is 24.4 Å². The summed E-state index contributed by atoms with van der Waals surface area (Å²) in [6.07, 6.45) is 1.89. The first-order valence-corrected chi connectivity index (χ1v) is 8.52. The van der Waals surface area contributed by atoms with Gasteiger partial charge in [-0.2, -0.15) is 0 Å². The highest BCUT2D eigenvalue weighted by atomic mass is 32.1. The molecule has 0 aliphatic heterocycles. The lowest BCUT2D eigenvalue weighted by atomic mass is 10.2. The number of ether oxygens (including phenoxy) is 3. The van der Waals surface area contributed by atoms with Gasteiger partial charge in [0.25, 0.3) is 10.3 Å². The van der Waals surface area contributed by atoms with Crippen molar-refractivity contribution in [3.05, 3.63) is 25.3 Å². The number of nitrogens with zero attached hydrogens (tertiary/aromatic N) is 1. The highest BCUT2D eigenvalue weighted by Crippen LogP contribution is 2.08. The molecule has 0 radical (unpaired) electrons. The second kappa shape index (κ2) is 16.3. The van der Waals surface area contributed by atoms with Gasteiger partial charge in [0.2, 0.25) is 6.10 Å². The number of carbonyl (C=O) groups excluding carboxylic acids is 2. The number of carbonyl (C=O) groups is 2. The van der Waals surface area contributed by atoms with E-state index in [1.165, 1.54) is 0 Å². The molecule has 0 amide bonds. The van der Waals surface area contributed by atoms with Crippen molar-refractivity contribution >= 4 is 46.7 Å². The molecule has 0 aromatic rings. The van der Waals surface area contributed by atoms with E-state index in [1.807, 2.05) is 0 Å². The lowest BCUT2D eigenvalue weighted by Crippen LogP contribution is -2.39. The van der Waals surface area contributed by atoms with Gasteiger partial charge in [0.1, 0.15) is 0 Å². The minimum atomic E-state index is -1.14. The second-order valence-electron chi connectivity index (χ2n) is 4.45.